The van der Waals surface area contributed by atoms with Crippen molar-refractivity contribution in [1.82, 2.24) is 0 Å². The van der Waals surface area contributed by atoms with Gasteiger partial charge in [-0.15, -0.1) is 0 Å². The summed E-state index contributed by atoms with van der Waals surface area (Å²) in [4.78, 5) is 2.24. The van der Waals surface area contributed by atoms with Gasteiger partial charge in [-0.2, -0.15) is 0 Å². The second-order valence-corrected chi connectivity index (χ2v) is 4.57. The zero-order valence-corrected chi connectivity index (χ0v) is 9.47. The van der Waals surface area contributed by atoms with Gasteiger partial charge in [0.1, 0.15) is 5.82 Å². The molecule has 1 aliphatic rings. The second-order valence-electron chi connectivity index (χ2n) is 4.57. The number of benzene rings is 1. The Morgan fingerprint density at radius 2 is 2.20 bits per heavy atom. The molecule has 0 fully saturated rings. The van der Waals surface area contributed by atoms with Crippen molar-refractivity contribution in [2.75, 3.05) is 23.3 Å². The van der Waals surface area contributed by atoms with Crippen LogP contribution in [0.15, 0.2) is 18.2 Å². The maximum absolute atomic E-state index is 13.2. The minimum absolute atomic E-state index is 0.0372. The standard InChI is InChI=1S/C12H17FN2/c1-4-15-11-7-9(13)5-6-10(11)14-8-12(15,2)3/h5-7,14H,4,8H2,1-3H3. The van der Waals surface area contributed by atoms with Crippen LogP contribution in [0.4, 0.5) is 15.8 Å². The first-order valence-electron chi connectivity index (χ1n) is 5.35. The van der Waals surface area contributed by atoms with Gasteiger partial charge in [-0.25, -0.2) is 4.39 Å². The molecule has 0 spiro atoms. The Hall–Kier alpha value is -1.25. The number of hydrogen-bond donors (Lipinski definition) is 1. The summed E-state index contributed by atoms with van der Waals surface area (Å²) in [6.45, 7) is 8.21. The fourth-order valence-corrected chi connectivity index (χ4v) is 2.21. The van der Waals surface area contributed by atoms with Crippen LogP contribution in [-0.4, -0.2) is 18.6 Å². The van der Waals surface area contributed by atoms with Gasteiger partial charge in [-0.3, -0.25) is 0 Å². The Balaban J connectivity index is 2.49. The predicted octanol–water partition coefficient (Wildman–Crippen LogP) is 2.86. The van der Waals surface area contributed by atoms with E-state index in [0.717, 1.165) is 24.5 Å². The molecule has 1 aliphatic heterocycles. The van der Waals surface area contributed by atoms with Gasteiger partial charge < -0.3 is 10.2 Å². The van der Waals surface area contributed by atoms with Crippen LogP contribution in [0.1, 0.15) is 20.8 Å². The molecular formula is C12H17FN2. The van der Waals surface area contributed by atoms with Gasteiger partial charge >= 0.3 is 0 Å². The van der Waals surface area contributed by atoms with Crippen LogP contribution >= 0.6 is 0 Å². The molecule has 3 heteroatoms. The van der Waals surface area contributed by atoms with Gasteiger partial charge in [0.05, 0.1) is 16.9 Å². The van der Waals surface area contributed by atoms with E-state index in [0.29, 0.717) is 0 Å². The van der Waals surface area contributed by atoms with Gasteiger partial charge in [0.25, 0.3) is 0 Å². The Morgan fingerprint density at radius 3 is 2.87 bits per heavy atom. The summed E-state index contributed by atoms with van der Waals surface area (Å²) in [6, 6.07) is 4.91. The lowest BCUT2D eigenvalue weighted by Gasteiger charge is -2.45. The molecule has 15 heavy (non-hydrogen) atoms. The highest BCUT2D eigenvalue weighted by Crippen LogP contribution is 2.36. The molecule has 82 valence electrons. The minimum atomic E-state index is -0.174. The zero-order chi connectivity index (χ0) is 11.1. The Bertz CT molecular complexity index is 374. The van der Waals surface area contributed by atoms with E-state index in [1.807, 2.05) is 6.07 Å². The Kier molecular flexibility index (Phi) is 2.33. The van der Waals surface area contributed by atoms with Crippen LogP contribution < -0.4 is 10.2 Å². The van der Waals surface area contributed by atoms with Gasteiger partial charge in [0, 0.05) is 13.1 Å². The molecule has 1 aromatic rings. The maximum Gasteiger partial charge on any atom is 0.125 e. The van der Waals surface area contributed by atoms with E-state index in [2.05, 4.69) is 31.0 Å². The molecule has 0 amide bonds. The fourth-order valence-electron chi connectivity index (χ4n) is 2.21. The first kappa shape index (κ1) is 10.3. The first-order chi connectivity index (χ1) is 7.04. The summed E-state index contributed by atoms with van der Waals surface area (Å²) < 4.78 is 13.2. The molecular weight excluding hydrogens is 191 g/mol. The van der Waals surface area contributed by atoms with Gasteiger partial charge in [-0.1, -0.05) is 0 Å². The van der Waals surface area contributed by atoms with Crippen molar-refractivity contribution in [3.05, 3.63) is 24.0 Å². The first-order valence-corrected chi connectivity index (χ1v) is 5.35. The van der Waals surface area contributed by atoms with Crippen molar-refractivity contribution >= 4 is 11.4 Å². The molecule has 0 saturated carbocycles. The lowest BCUT2D eigenvalue weighted by molar-refractivity contribution is 0.479. The van der Waals surface area contributed by atoms with Crippen molar-refractivity contribution in [3.8, 4) is 0 Å². The topological polar surface area (TPSA) is 15.3 Å². The van der Waals surface area contributed by atoms with E-state index >= 15 is 0 Å². The normalized spacial score (nSPS) is 18.3. The van der Waals surface area contributed by atoms with E-state index < -0.39 is 0 Å². The lowest BCUT2D eigenvalue weighted by Crippen LogP contribution is -2.52. The van der Waals surface area contributed by atoms with Crippen LogP contribution in [-0.2, 0) is 0 Å². The number of likely N-dealkylation sites (N-methyl/N-ethyl adjacent to an activating group) is 1. The molecule has 0 saturated heterocycles. The largest absolute Gasteiger partial charge is 0.381 e. The van der Waals surface area contributed by atoms with E-state index in [9.17, 15) is 4.39 Å². The highest BCUT2D eigenvalue weighted by Gasteiger charge is 2.31. The van der Waals surface area contributed by atoms with Crippen LogP contribution in [0.2, 0.25) is 0 Å². The summed E-state index contributed by atoms with van der Waals surface area (Å²) in [6.07, 6.45) is 0. The maximum atomic E-state index is 13.2. The summed E-state index contributed by atoms with van der Waals surface area (Å²) >= 11 is 0. The third kappa shape index (κ3) is 1.66. The molecule has 0 bridgehead atoms. The highest BCUT2D eigenvalue weighted by molar-refractivity contribution is 5.73. The number of fused-ring (bicyclic) bond motifs is 1. The molecule has 0 radical (unpaired) electrons. The second kappa shape index (κ2) is 3.40. The SMILES string of the molecule is CCN1c2cc(F)ccc2NCC1(C)C. The fraction of sp³-hybridized carbons (Fsp3) is 0.500. The van der Waals surface area contributed by atoms with Crippen molar-refractivity contribution in [2.24, 2.45) is 0 Å². The smallest absolute Gasteiger partial charge is 0.125 e. The Labute approximate surface area is 90.1 Å². The van der Waals surface area contributed by atoms with Gasteiger partial charge in [0.15, 0.2) is 0 Å². The molecule has 1 N–H and O–H groups in total. The summed E-state index contributed by atoms with van der Waals surface area (Å²) in [5.74, 6) is -0.174. The van der Waals surface area contributed by atoms with Crippen LogP contribution in [0.25, 0.3) is 0 Å². The minimum Gasteiger partial charge on any atom is -0.381 e. The Morgan fingerprint density at radius 1 is 1.47 bits per heavy atom. The van der Waals surface area contributed by atoms with Crippen LogP contribution in [0.3, 0.4) is 0 Å². The molecule has 2 rings (SSSR count). The highest BCUT2D eigenvalue weighted by atomic mass is 19.1. The van der Waals surface area contributed by atoms with Crippen molar-refractivity contribution in [2.45, 2.75) is 26.3 Å². The quantitative estimate of drug-likeness (QED) is 0.763. The lowest BCUT2D eigenvalue weighted by atomic mass is 9.97. The number of hydrogen-bond acceptors (Lipinski definition) is 2. The van der Waals surface area contributed by atoms with E-state index in [4.69, 9.17) is 0 Å². The molecule has 0 unspecified atom stereocenters. The molecule has 0 atom stereocenters. The zero-order valence-electron chi connectivity index (χ0n) is 9.47. The molecule has 0 aliphatic carbocycles. The summed E-state index contributed by atoms with van der Waals surface area (Å²) in [5, 5.41) is 3.34. The average molecular weight is 208 g/mol. The van der Waals surface area contributed by atoms with Crippen molar-refractivity contribution in [3.63, 3.8) is 0 Å². The summed E-state index contributed by atoms with van der Waals surface area (Å²) in [5.41, 5.74) is 2.03. The predicted molar refractivity (Wildman–Crippen MR) is 62.0 cm³/mol. The molecule has 1 heterocycles. The van der Waals surface area contributed by atoms with E-state index in [-0.39, 0.29) is 11.4 Å². The van der Waals surface area contributed by atoms with Crippen molar-refractivity contribution in [1.29, 1.82) is 0 Å². The third-order valence-electron chi connectivity index (χ3n) is 3.01. The van der Waals surface area contributed by atoms with E-state index in [1.165, 1.54) is 6.07 Å². The van der Waals surface area contributed by atoms with Gasteiger partial charge in [0.2, 0.25) is 0 Å². The number of nitrogens with one attached hydrogen (secondary N) is 1. The number of anilines is 2. The molecule has 1 aromatic carbocycles. The average Bonchev–Trinajstić information content (AvgIpc) is 2.16. The van der Waals surface area contributed by atoms with Crippen LogP contribution in [0, 0.1) is 5.82 Å². The van der Waals surface area contributed by atoms with Crippen molar-refractivity contribution < 1.29 is 4.39 Å². The molecule has 0 aromatic heterocycles. The molecule has 2 nitrogen and oxygen atoms in total. The number of nitrogens with zero attached hydrogens (tertiary/aromatic N) is 1. The van der Waals surface area contributed by atoms with E-state index in [1.54, 1.807) is 6.07 Å². The summed E-state index contributed by atoms with van der Waals surface area (Å²) in [7, 11) is 0. The monoisotopic (exact) mass is 208 g/mol. The number of rotatable bonds is 1. The number of halogens is 1. The van der Waals surface area contributed by atoms with Gasteiger partial charge in [-0.05, 0) is 39.0 Å². The van der Waals surface area contributed by atoms with Crippen LogP contribution in [0.5, 0.6) is 0 Å². The third-order valence-corrected chi connectivity index (χ3v) is 3.01.